The fourth-order valence-electron chi connectivity index (χ4n) is 11.0. The fraction of sp³-hybridized carbons (Fsp3) is 0.217. The minimum absolute atomic E-state index is 0.230. The van der Waals surface area contributed by atoms with Gasteiger partial charge in [-0.15, -0.1) is 11.3 Å². The van der Waals surface area contributed by atoms with Crippen LogP contribution in [0.4, 0.5) is 17.1 Å². The summed E-state index contributed by atoms with van der Waals surface area (Å²) in [5.41, 5.74) is 12.6. The minimum Gasteiger partial charge on any atom is -0.310 e. The molecule has 12 rings (SSSR count). The summed E-state index contributed by atoms with van der Waals surface area (Å²) in [6, 6.07) is 52.7. The van der Waals surface area contributed by atoms with Gasteiger partial charge in [-0.3, -0.25) is 0 Å². The number of hydrogen-bond donors (Lipinski definition) is 0. The van der Waals surface area contributed by atoms with Crippen LogP contribution >= 0.6 is 11.3 Å². The van der Waals surface area contributed by atoms with E-state index >= 15 is 0 Å². The molecule has 0 atom stereocenters. The van der Waals surface area contributed by atoms with E-state index in [1.165, 1.54) is 91.6 Å². The van der Waals surface area contributed by atoms with Gasteiger partial charge in [0.05, 0.1) is 0 Å². The summed E-state index contributed by atoms with van der Waals surface area (Å²) in [4.78, 5) is 2.39. The second-order valence-corrected chi connectivity index (χ2v) is 16.1. The number of para-hydroxylation sites is 1. The second kappa shape index (κ2) is 10.2. The summed E-state index contributed by atoms with van der Waals surface area (Å²) in [7, 11) is 0. The van der Waals surface area contributed by atoms with E-state index in [-0.39, 0.29) is 5.41 Å². The molecule has 0 N–H and O–H groups in total. The van der Waals surface area contributed by atoms with Crippen molar-refractivity contribution < 1.29 is 0 Å². The molecule has 48 heavy (non-hydrogen) atoms. The van der Waals surface area contributed by atoms with Crippen LogP contribution in [-0.4, -0.2) is 0 Å². The lowest BCUT2D eigenvalue weighted by Crippen LogP contribution is -2.55. The van der Waals surface area contributed by atoms with Gasteiger partial charge >= 0.3 is 0 Å². The normalized spacial score (nSPS) is 24.8. The molecule has 1 nitrogen and oxygen atoms in total. The Morgan fingerprint density at radius 1 is 0.458 bits per heavy atom. The number of nitrogens with zero attached hydrogens (tertiary/aromatic N) is 1. The fourth-order valence-corrected chi connectivity index (χ4v) is 12.2. The molecule has 7 aromatic rings. The number of thiophene rings is 1. The van der Waals surface area contributed by atoms with Crippen LogP contribution in [0.1, 0.15) is 43.2 Å². The molecular weight excluding hydrogens is 599 g/mol. The molecule has 4 bridgehead atoms. The highest BCUT2D eigenvalue weighted by molar-refractivity contribution is 7.25. The third-order valence-corrected chi connectivity index (χ3v) is 13.8. The summed E-state index contributed by atoms with van der Waals surface area (Å²) in [6.07, 6.45) is 7.21. The van der Waals surface area contributed by atoms with E-state index in [4.69, 9.17) is 0 Å². The van der Waals surface area contributed by atoms with Crippen molar-refractivity contribution >= 4 is 48.6 Å². The predicted molar refractivity (Wildman–Crippen MR) is 203 cm³/mol. The van der Waals surface area contributed by atoms with Crippen molar-refractivity contribution in [1.82, 2.24) is 0 Å². The van der Waals surface area contributed by atoms with Crippen molar-refractivity contribution in [3.8, 4) is 22.3 Å². The van der Waals surface area contributed by atoms with Gasteiger partial charge in [-0.25, -0.2) is 0 Å². The van der Waals surface area contributed by atoms with E-state index in [1.807, 2.05) is 11.3 Å². The Morgan fingerprint density at radius 3 is 1.90 bits per heavy atom. The van der Waals surface area contributed by atoms with Crippen LogP contribution in [0.2, 0.25) is 0 Å². The Balaban J connectivity index is 0.992. The van der Waals surface area contributed by atoms with Gasteiger partial charge < -0.3 is 4.90 Å². The number of hydrogen-bond acceptors (Lipinski definition) is 2. The van der Waals surface area contributed by atoms with Gasteiger partial charge in [-0.1, -0.05) is 91.0 Å². The highest BCUT2D eigenvalue weighted by Crippen LogP contribution is 2.69. The van der Waals surface area contributed by atoms with Gasteiger partial charge in [0.15, 0.2) is 0 Å². The molecule has 1 heterocycles. The maximum Gasteiger partial charge on any atom is 0.0476 e. The Labute approximate surface area is 286 Å². The largest absolute Gasteiger partial charge is 0.310 e. The first-order chi connectivity index (χ1) is 23.7. The summed E-state index contributed by atoms with van der Waals surface area (Å²) in [5, 5.41) is 2.67. The van der Waals surface area contributed by atoms with Crippen LogP contribution in [0.3, 0.4) is 0 Å². The van der Waals surface area contributed by atoms with Crippen molar-refractivity contribution in [3.05, 3.63) is 151 Å². The number of rotatable bonds is 4. The Hall–Kier alpha value is -4.66. The molecule has 0 unspecified atom stereocenters. The zero-order valence-corrected chi connectivity index (χ0v) is 27.8. The van der Waals surface area contributed by atoms with Gasteiger partial charge in [0, 0.05) is 42.6 Å². The lowest BCUT2D eigenvalue weighted by Gasteiger charge is -2.61. The molecule has 5 aliphatic rings. The third-order valence-electron chi connectivity index (χ3n) is 12.6. The summed E-state index contributed by atoms with van der Waals surface area (Å²) in [5.74, 6) is 3.54. The van der Waals surface area contributed by atoms with Crippen molar-refractivity contribution in [2.24, 2.45) is 23.7 Å². The quantitative estimate of drug-likeness (QED) is 0.186. The molecule has 2 heteroatoms. The highest BCUT2D eigenvalue weighted by atomic mass is 32.1. The number of anilines is 3. The highest BCUT2D eigenvalue weighted by Gasteiger charge is 2.61. The first-order valence-electron chi connectivity index (χ1n) is 17.9. The first kappa shape index (κ1) is 27.3. The molecule has 5 aliphatic carbocycles. The first-order valence-corrected chi connectivity index (χ1v) is 18.7. The summed E-state index contributed by atoms with van der Waals surface area (Å²) >= 11 is 1.88. The van der Waals surface area contributed by atoms with Gasteiger partial charge in [0.25, 0.3) is 0 Å². The molecule has 4 fully saturated rings. The van der Waals surface area contributed by atoms with Crippen molar-refractivity contribution in [2.75, 3.05) is 4.90 Å². The molecule has 0 radical (unpaired) electrons. The molecule has 1 spiro atoms. The number of benzene rings is 6. The molecule has 232 valence electrons. The van der Waals surface area contributed by atoms with Crippen LogP contribution in [0.15, 0.2) is 140 Å². The Morgan fingerprint density at radius 2 is 1.08 bits per heavy atom. The van der Waals surface area contributed by atoms with E-state index in [1.54, 1.807) is 11.1 Å². The molecule has 4 saturated carbocycles. The van der Waals surface area contributed by atoms with Crippen LogP contribution < -0.4 is 4.90 Å². The van der Waals surface area contributed by atoms with E-state index in [0.29, 0.717) is 0 Å². The van der Waals surface area contributed by atoms with Crippen molar-refractivity contribution in [2.45, 2.75) is 37.5 Å². The van der Waals surface area contributed by atoms with Crippen LogP contribution in [0, 0.1) is 23.7 Å². The lowest BCUT2D eigenvalue weighted by atomic mass is 9.43. The maximum absolute atomic E-state index is 2.54. The van der Waals surface area contributed by atoms with E-state index in [0.717, 1.165) is 23.7 Å². The van der Waals surface area contributed by atoms with Gasteiger partial charge in [0.2, 0.25) is 0 Å². The smallest absolute Gasteiger partial charge is 0.0476 e. The van der Waals surface area contributed by atoms with Crippen LogP contribution in [0.5, 0.6) is 0 Å². The van der Waals surface area contributed by atoms with Gasteiger partial charge in [-0.2, -0.15) is 0 Å². The molecular formula is C46H37NS. The molecule has 6 aromatic carbocycles. The SMILES string of the molecule is c1ccc(N(c2ccc(-c3ccc4c(c3)-c3ccccc3C43C4CC5CC(C4)CC3C5)cc2)c2ccc3c(c2)sc2ccccc23)cc1. The van der Waals surface area contributed by atoms with E-state index in [2.05, 4.69) is 144 Å². The van der Waals surface area contributed by atoms with Crippen molar-refractivity contribution in [1.29, 1.82) is 0 Å². The number of fused-ring (bicyclic) bond motifs is 6. The van der Waals surface area contributed by atoms with Crippen LogP contribution in [0.25, 0.3) is 42.4 Å². The maximum atomic E-state index is 2.54. The summed E-state index contributed by atoms with van der Waals surface area (Å²) in [6.45, 7) is 0. The standard InChI is InChI=1S/C46H37NS/c1-2-8-35(9-3-1)47(37-19-20-40-39-11-5-7-13-44(39)48-45(40)28-37)36-17-14-31(15-18-36)32-16-21-43-41(27-32)38-10-4-6-12-42(38)46(43)33-23-29-22-30(25-33)26-34(46)24-29/h1-21,27-30,33-34H,22-26H2. The zero-order valence-electron chi connectivity index (χ0n) is 27.0. The van der Waals surface area contributed by atoms with Crippen LogP contribution in [-0.2, 0) is 5.41 Å². The van der Waals surface area contributed by atoms with Gasteiger partial charge in [-0.05, 0) is 138 Å². The molecule has 0 aliphatic heterocycles. The lowest BCUT2D eigenvalue weighted by molar-refractivity contribution is -0.0399. The molecule has 0 amide bonds. The monoisotopic (exact) mass is 635 g/mol. The van der Waals surface area contributed by atoms with Gasteiger partial charge in [0.1, 0.15) is 0 Å². The Bertz CT molecular complexity index is 2340. The van der Waals surface area contributed by atoms with E-state index in [9.17, 15) is 0 Å². The third kappa shape index (κ3) is 3.78. The topological polar surface area (TPSA) is 3.24 Å². The Kier molecular flexibility index (Phi) is 5.79. The summed E-state index contributed by atoms with van der Waals surface area (Å²) < 4.78 is 2.66. The van der Waals surface area contributed by atoms with Crippen molar-refractivity contribution in [3.63, 3.8) is 0 Å². The average Bonchev–Trinajstić information content (AvgIpc) is 3.64. The predicted octanol–water partition coefficient (Wildman–Crippen LogP) is 12.9. The second-order valence-electron chi connectivity index (χ2n) is 15.0. The minimum atomic E-state index is 0.230. The molecule has 0 saturated heterocycles. The molecule has 1 aromatic heterocycles. The average molecular weight is 636 g/mol. The zero-order chi connectivity index (χ0) is 31.4. The van der Waals surface area contributed by atoms with E-state index < -0.39 is 0 Å².